The number of alkyl halides is 1. The average Bonchev–Trinajstić information content (AvgIpc) is 2.29. The van der Waals surface area contributed by atoms with E-state index < -0.39 is 6.17 Å². The summed E-state index contributed by atoms with van der Waals surface area (Å²) in [6.45, 7) is 6.87. The van der Waals surface area contributed by atoms with Crippen molar-refractivity contribution in [2.24, 2.45) is 29.4 Å². The Morgan fingerprint density at radius 3 is 2.38 bits per heavy atom. The number of halogens is 1. The Bertz CT molecular complexity index is 193. The van der Waals surface area contributed by atoms with Crippen molar-refractivity contribution in [3.8, 4) is 0 Å². The molecule has 1 saturated carbocycles. The van der Waals surface area contributed by atoms with E-state index in [0.717, 1.165) is 12.8 Å². The summed E-state index contributed by atoms with van der Waals surface area (Å²) >= 11 is 0. The summed E-state index contributed by atoms with van der Waals surface area (Å²) < 4.78 is 14.6. The first kappa shape index (κ1) is 14.0. The highest BCUT2D eigenvalue weighted by atomic mass is 19.1. The van der Waals surface area contributed by atoms with Crippen molar-refractivity contribution in [1.82, 2.24) is 0 Å². The van der Waals surface area contributed by atoms with Gasteiger partial charge in [-0.25, -0.2) is 4.39 Å². The summed E-state index contributed by atoms with van der Waals surface area (Å²) in [5.74, 6) is 1.28. The number of nitrogens with two attached hydrogens (primary N) is 1. The molecule has 16 heavy (non-hydrogen) atoms. The Labute approximate surface area is 100.0 Å². The number of rotatable bonds is 5. The maximum atomic E-state index is 14.6. The van der Waals surface area contributed by atoms with Gasteiger partial charge in [0.1, 0.15) is 6.17 Å². The first-order chi connectivity index (χ1) is 7.61. The van der Waals surface area contributed by atoms with Crippen LogP contribution in [0.4, 0.5) is 4.39 Å². The Kier molecular flexibility index (Phi) is 5.74. The SMILES string of the molecule is CCC1CCCCC1C(F)C(CN)C(C)C. The second kappa shape index (κ2) is 6.58. The van der Waals surface area contributed by atoms with Crippen LogP contribution in [-0.2, 0) is 0 Å². The van der Waals surface area contributed by atoms with E-state index in [4.69, 9.17) is 5.73 Å². The third-order valence-electron chi connectivity index (χ3n) is 4.44. The number of hydrogen-bond donors (Lipinski definition) is 1. The fourth-order valence-corrected chi connectivity index (χ4v) is 3.25. The van der Waals surface area contributed by atoms with Crippen LogP contribution in [0.3, 0.4) is 0 Å². The van der Waals surface area contributed by atoms with Crippen molar-refractivity contribution in [2.45, 2.75) is 59.0 Å². The minimum atomic E-state index is -0.685. The van der Waals surface area contributed by atoms with Gasteiger partial charge in [-0.05, 0) is 30.7 Å². The Hall–Kier alpha value is -0.110. The van der Waals surface area contributed by atoms with Crippen LogP contribution in [0.1, 0.15) is 52.9 Å². The Balaban J connectivity index is 2.65. The Morgan fingerprint density at radius 1 is 1.25 bits per heavy atom. The molecule has 0 aromatic rings. The quantitative estimate of drug-likeness (QED) is 0.763. The zero-order valence-electron chi connectivity index (χ0n) is 11.1. The van der Waals surface area contributed by atoms with Gasteiger partial charge in [0.05, 0.1) is 0 Å². The molecule has 96 valence electrons. The lowest BCUT2D eigenvalue weighted by Crippen LogP contribution is -2.38. The standard InChI is InChI=1S/C14H28FN/c1-4-11-7-5-6-8-12(11)14(15)13(9-16)10(2)3/h10-14H,4-9,16H2,1-3H3. The van der Waals surface area contributed by atoms with Gasteiger partial charge >= 0.3 is 0 Å². The van der Waals surface area contributed by atoms with Gasteiger partial charge in [0, 0.05) is 5.92 Å². The monoisotopic (exact) mass is 229 g/mol. The fourth-order valence-electron chi connectivity index (χ4n) is 3.25. The summed E-state index contributed by atoms with van der Waals surface area (Å²) in [5.41, 5.74) is 5.73. The average molecular weight is 229 g/mol. The molecule has 0 heterocycles. The molecule has 1 rings (SSSR count). The van der Waals surface area contributed by atoms with Gasteiger partial charge in [0.2, 0.25) is 0 Å². The van der Waals surface area contributed by atoms with Crippen molar-refractivity contribution in [1.29, 1.82) is 0 Å². The van der Waals surface area contributed by atoms with E-state index in [0.29, 0.717) is 18.4 Å². The molecule has 0 saturated heterocycles. The van der Waals surface area contributed by atoms with E-state index in [1.54, 1.807) is 0 Å². The lowest BCUT2D eigenvalue weighted by Gasteiger charge is -2.37. The molecule has 1 fully saturated rings. The lowest BCUT2D eigenvalue weighted by molar-refractivity contribution is 0.0570. The molecule has 1 aliphatic carbocycles. The van der Waals surface area contributed by atoms with Crippen LogP contribution in [0.25, 0.3) is 0 Å². The molecule has 0 aromatic heterocycles. The largest absolute Gasteiger partial charge is 0.330 e. The topological polar surface area (TPSA) is 26.0 Å². The van der Waals surface area contributed by atoms with Gasteiger partial charge in [-0.1, -0.05) is 46.5 Å². The van der Waals surface area contributed by atoms with Gasteiger partial charge < -0.3 is 5.73 Å². The highest BCUT2D eigenvalue weighted by molar-refractivity contribution is 4.85. The van der Waals surface area contributed by atoms with Gasteiger partial charge in [-0.15, -0.1) is 0 Å². The predicted octanol–water partition coefficient (Wildman–Crippen LogP) is 3.77. The molecule has 4 unspecified atom stereocenters. The third kappa shape index (κ3) is 3.19. The van der Waals surface area contributed by atoms with Crippen molar-refractivity contribution in [3.63, 3.8) is 0 Å². The minimum Gasteiger partial charge on any atom is -0.330 e. The van der Waals surface area contributed by atoms with Crippen LogP contribution in [0.2, 0.25) is 0 Å². The van der Waals surface area contributed by atoms with Gasteiger partial charge in [0.25, 0.3) is 0 Å². The van der Waals surface area contributed by atoms with Crippen molar-refractivity contribution in [3.05, 3.63) is 0 Å². The fraction of sp³-hybridized carbons (Fsp3) is 1.00. The van der Waals surface area contributed by atoms with Crippen LogP contribution in [0.15, 0.2) is 0 Å². The minimum absolute atomic E-state index is 0.0529. The van der Waals surface area contributed by atoms with Gasteiger partial charge in [-0.2, -0.15) is 0 Å². The molecule has 2 N–H and O–H groups in total. The highest BCUT2D eigenvalue weighted by Gasteiger charge is 2.36. The molecule has 0 spiro atoms. The van der Waals surface area contributed by atoms with Crippen molar-refractivity contribution >= 4 is 0 Å². The molecular formula is C14H28FN. The normalized spacial score (nSPS) is 30.4. The maximum absolute atomic E-state index is 14.6. The summed E-state index contributed by atoms with van der Waals surface area (Å²) in [4.78, 5) is 0. The van der Waals surface area contributed by atoms with E-state index in [1.165, 1.54) is 19.3 Å². The first-order valence-electron chi connectivity index (χ1n) is 6.95. The van der Waals surface area contributed by atoms with Crippen molar-refractivity contribution < 1.29 is 4.39 Å². The third-order valence-corrected chi connectivity index (χ3v) is 4.44. The first-order valence-corrected chi connectivity index (χ1v) is 6.95. The maximum Gasteiger partial charge on any atom is 0.107 e. The molecule has 0 radical (unpaired) electrons. The molecule has 0 aromatic carbocycles. The van der Waals surface area contributed by atoms with Crippen LogP contribution >= 0.6 is 0 Å². The summed E-state index contributed by atoms with van der Waals surface area (Å²) in [6, 6.07) is 0. The molecule has 4 atom stereocenters. The second-order valence-corrected chi connectivity index (χ2v) is 5.70. The summed E-state index contributed by atoms with van der Waals surface area (Å²) in [5, 5.41) is 0. The van der Waals surface area contributed by atoms with E-state index in [9.17, 15) is 4.39 Å². The van der Waals surface area contributed by atoms with E-state index in [-0.39, 0.29) is 11.8 Å². The van der Waals surface area contributed by atoms with Crippen LogP contribution < -0.4 is 5.73 Å². The molecule has 0 aliphatic heterocycles. The molecule has 0 bridgehead atoms. The van der Waals surface area contributed by atoms with E-state index >= 15 is 0 Å². The van der Waals surface area contributed by atoms with Crippen LogP contribution in [0, 0.1) is 23.7 Å². The van der Waals surface area contributed by atoms with Crippen LogP contribution in [-0.4, -0.2) is 12.7 Å². The van der Waals surface area contributed by atoms with Crippen LogP contribution in [0.5, 0.6) is 0 Å². The summed E-state index contributed by atoms with van der Waals surface area (Å²) in [7, 11) is 0. The highest BCUT2D eigenvalue weighted by Crippen LogP contribution is 2.39. The zero-order valence-corrected chi connectivity index (χ0v) is 11.1. The lowest BCUT2D eigenvalue weighted by atomic mass is 9.71. The molecule has 2 heteroatoms. The molecule has 1 aliphatic rings. The van der Waals surface area contributed by atoms with Gasteiger partial charge in [-0.3, -0.25) is 0 Å². The summed E-state index contributed by atoms with van der Waals surface area (Å²) in [6.07, 6.45) is 5.23. The second-order valence-electron chi connectivity index (χ2n) is 5.70. The number of hydrogen-bond acceptors (Lipinski definition) is 1. The van der Waals surface area contributed by atoms with E-state index in [2.05, 4.69) is 20.8 Å². The Morgan fingerprint density at radius 2 is 1.88 bits per heavy atom. The molecular weight excluding hydrogens is 201 g/mol. The smallest absolute Gasteiger partial charge is 0.107 e. The predicted molar refractivity (Wildman–Crippen MR) is 68.0 cm³/mol. The molecule has 0 amide bonds. The zero-order chi connectivity index (χ0) is 12.1. The van der Waals surface area contributed by atoms with Gasteiger partial charge in [0.15, 0.2) is 0 Å². The van der Waals surface area contributed by atoms with E-state index in [1.807, 2.05) is 0 Å². The van der Waals surface area contributed by atoms with Crippen molar-refractivity contribution in [2.75, 3.05) is 6.54 Å². The molecule has 1 nitrogen and oxygen atoms in total.